The number of carbonyl (C=O) groups is 1. The summed E-state index contributed by atoms with van der Waals surface area (Å²) >= 11 is 0. The van der Waals surface area contributed by atoms with Gasteiger partial charge in [-0.25, -0.2) is 4.79 Å². The van der Waals surface area contributed by atoms with Gasteiger partial charge in [-0.2, -0.15) is 0 Å². The predicted octanol–water partition coefficient (Wildman–Crippen LogP) is 3.20. The lowest BCUT2D eigenvalue weighted by molar-refractivity contribution is 0.162. The molecule has 6 nitrogen and oxygen atoms in total. The number of rotatable bonds is 7. The van der Waals surface area contributed by atoms with E-state index in [0.717, 1.165) is 36.7 Å². The maximum Gasteiger partial charge on any atom is 0.321 e. The summed E-state index contributed by atoms with van der Waals surface area (Å²) in [4.78, 5) is 13.7. The molecule has 1 aliphatic rings. The molecule has 1 aliphatic heterocycles. The van der Waals surface area contributed by atoms with Crippen LogP contribution >= 0.6 is 0 Å². The first-order valence-electron chi connectivity index (χ1n) is 8.62. The first-order chi connectivity index (χ1) is 12.2. The van der Waals surface area contributed by atoms with Gasteiger partial charge in [0.2, 0.25) is 0 Å². The lowest BCUT2D eigenvalue weighted by Crippen LogP contribution is -2.46. The molecule has 2 heterocycles. The van der Waals surface area contributed by atoms with Crippen molar-refractivity contribution in [1.82, 2.24) is 10.6 Å². The van der Waals surface area contributed by atoms with Crippen molar-refractivity contribution in [2.45, 2.75) is 32.5 Å². The molecule has 1 aromatic heterocycles. The number of amides is 2. The van der Waals surface area contributed by atoms with Crippen LogP contribution in [0, 0.1) is 0 Å². The fourth-order valence-electron chi connectivity index (χ4n) is 2.93. The Morgan fingerprint density at radius 3 is 2.72 bits per heavy atom. The fourth-order valence-corrected chi connectivity index (χ4v) is 2.93. The maximum absolute atomic E-state index is 11.9. The molecule has 2 amide bonds. The van der Waals surface area contributed by atoms with Crippen LogP contribution in [0.1, 0.15) is 36.5 Å². The normalized spacial score (nSPS) is 15.9. The number of hydrogen-bond donors (Lipinski definition) is 2. The molecule has 3 rings (SSSR count). The molecular formula is C19H25N3O3. The first-order valence-corrected chi connectivity index (χ1v) is 8.62. The van der Waals surface area contributed by atoms with E-state index >= 15 is 0 Å². The number of methoxy groups -OCH3 is 1. The summed E-state index contributed by atoms with van der Waals surface area (Å²) in [6.07, 6.45) is 0.972. The van der Waals surface area contributed by atoms with Gasteiger partial charge < -0.3 is 19.8 Å². The number of hydrogen-bond acceptors (Lipinski definition) is 4. The predicted molar refractivity (Wildman–Crippen MR) is 96.5 cm³/mol. The Morgan fingerprint density at radius 1 is 1.24 bits per heavy atom. The van der Waals surface area contributed by atoms with Gasteiger partial charge in [0.1, 0.15) is 18.1 Å². The maximum atomic E-state index is 11.9. The molecule has 0 spiro atoms. The summed E-state index contributed by atoms with van der Waals surface area (Å²) in [6.45, 7) is 4.78. The summed E-state index contributed by atoms with van der Waals surface area (Å²) in [5.41, 5.74) is 2.10. The molecule has 25 heavy (non-hydrogen) atoms. The molecule has 0 bridgehead atoms. The Bertz CT molecular complexity index is 696. The van der Waals surface area contributed by atoms with Gasteiger partial charge in [0.15, 0.2) is 0 Å². The van der Waals surface area contributed by atoms with Crippen LogP contribution < -0.4 is 15.5 Å². The smallest absolute Gasteiger partial charge is 0.321 e. The Kier molecular flexibility index (Phi) is 5.73. The topological polar surface area (TPSA) is 66.7 Å². The van der Waals surface area contributed by atoms with Gasteiger partial charge in [-0.15, -0.1) is 0 Å². The van der Waals surface area contributed by atoms with Gasteiger partial charge in [-0.1, -0.05) is 12.1 Å². The standard InChI is InChI=1S/C19H25N3O3/c1-14(21-12-17-8-9-18(25-17)13-24-2)15-4-6-16(7-5-15)22-11-3-10-20-19(22)23/h4-9,14,21H,3,10-13H2,1-2H3,(H,20,23). The second-order valence-corrected chi connectivity index (χ2v) is 6.23. The van der Waals surface area contributed by atoms with E-state index in [1.54, 1.807) is 12.0 Å². The number of furan rings is 1. The molecule has 1 atom stereocenters. The highest BCUT2D eigenvalue weighted by Crippen LogP contribution is 2.21. The Balaban J connectivity index is 1.56. The SMILES string of the molecule is COCc1ccc(CNC(C)c2ccc(N3CCCNC3=O)cc2)o1. The molecule has 1 unspecified atom stereocenters. The van der Waals surface area contributed by atoms with Gasteiger partial charge in [0.25, 0.3) is 0 Å². The zero-order valence-electron chi connectivity index (χ0n) is 14.7. The quantitative estimate of drug-likeness (QED) is 0.810. The number of nitrogens with one attached hydrogen (secondary N) is 2. The van der Waals surface area contributed by atoms with Crippen molar-refractivity contribution in [1.29, 1.82) is 0 Å². The lowest BCUT2D eigenvalue weighted by Gasteiger charge is -2.27. The minimum atomic E-state index is -0.0187. The van der Waals surface area contributed by atoms with Gasteiger partial charge in [-0.3, -0.25) is 4.90 Å². The number of ether oxygens (including phenoxy) is 1. The zero-order chi connectivity index (χ0) is 17.6. The van der Waals surface area contributed by atoms with Crippen LogP contribution in [-0.2, 0) is 17.9 Å². The third kappa shape index (κ3) is 4.41. The monoisotopic (exact) mass is 343 g/mol. The summed E-state index contributed by atoms with van der Waals surface area (Å²) in [6, 6.07) is 12.2. The summed E-state index contributed by atoms with van der Waals surface area (Å²) in [5.74, 6) is 1.72. The summed E-state index contributed by atoms with van der Waals surface area (Å²) < 4.78 is 10.7. The summed E-state index contributed by atoms with van der Waals surface area (Å²) in [5, 5.41) is 6.32. The average molecular weight is 343 g/mol. The van der Waals surface area contributed by atoms with Crippen LogP contribution in [0.2, 0.25) is 0 Å². The minimum Gasteiger partial charge on any atom is -0.462 e. The fraction of sp³-hybridized carbons (Fsp3) is 0.421. The van der Waals surface area contributed by atoms with Crippen LogP contribution in [0.25, 0.3) is 0 Å². The van der Waals surface area contributed by atoms with E-state index in [0.29, 0.717) is 13.2 Å². The highest BCUT2D eigenvalue weighted by Gasteiger charge is 2.19. The van der Waals surface area contributed by atoms with E-state index in [4.69, 9.17) is 9.15 Å². The third-order valence-corrected chi connectivity index (χ3v) is 4.37. The number of urea groups is 1. The van der Waals surface area contributed by atoms with Crippen molar-refractivity contribution in [3.63, 3.8) is 0 Å². The van der Waals surface area contributed by atoms with E-state index in [-0.39, 0.29) is 12.1 Å². The van der Waals surface area contributed by atoms with Crippen LogP contribution in [-0.4, -0.2) is 26.2 Å². The van der Waals surface area contributed by atoms with Crippen molar-refractivity contribution < 1.29 is 13.9 Å². The largest absolute Gasteiger partial charge is 0.462 e. The van der Waals surface area contributed by atoms with Crippen molar-refractivity contribution >= 4 is 11.7 Å². The molecule has 6 heteroatoms. The Hall–Kier alpha value is -2.31. The molecule has 1 aromatic carbocycles. The molecule has 1 saturated heterocycles. The van der Waals surface area contributed by atoms with E-state index in [1.165, 1.54) is 5.56 Å². The molecule has 0 radical (unpaired) electrons. The highest BCUT2D eigenvalue weighted by molar-refractivity contribution is 5.92. The van der Waals surface area contributed by atoms with E-state index in [2.05, 4.69) is 29.7 Å². The van der Waals surface area contributed by atoms with E-state index < -0.39 is 0 Å². The molecule has 134 valence electrons. The van der Waals surface area contributed by atoms with Crippen molar-refractivity contribution in [3.05, 3.63) is 53.5 Å². The van der Waals surface area contributed by atoms with Gasteiger partial charge in [0.05, 0.1) is 6.54 Å². The number of benzene rings is 1. The molecule has 2 N–H and O–H groups in total. The second-order valence-electron chi connectivity index (χ2n) is 6.23. The van der Waals surface area contributed by atoms with Crippen LogP contribution in [0.4, 0.5) is 10.5 Å². The third-order valence-electron chi connectivity index (χ3n) is 4.37. The molecule has 0 saturated carbocycles. The highest BCUT2D eigenvalue weighted by atomic mass is 16.5. The summed E-state index contributed by atoms with van der Waals surface area (Å²) in [7, 11) is 1.65. The van der Waals surface area contributed by atoms with Gasteiger partial charge in [-0.05, 0) is 43.2 Å². The van der Waals surface area contributed by atoms with Gasteiger partial charge >= 0.3 is 6.03 Å². The molecule has 0 aliphatic carbocycles. The zero-order valence-corrected chi connectivity index (χ0v) is 14.7. The van der Waals surface area contributed by atoms with Crippen LogP contribution in [0.15, 0.2) is 40.8 Å². The molecule has 2 aromatic rings. The lowest BCUT2D eigenvalue weighted by atomic mass is 10.1. The average Bonchev–Trinajstić information content (AvgIpc) is 3.08. The first kappa shape index (κ1) is 17.5. The molecular weight excluding hydrogens is 318 g/mol. The Morgan fingerprint density at radius 2 is 2.00 bits per heavy atom. The van der Waals surface area contributed by atoms with E-state index in [9.17, 15) is 4.79 Å². The van der Waals surface area contributed by atoms with Crippen LogP contribution in [0.5, 0.6) is 0 Å². The van der Waals surface area contributed by atoms with E-state index in [1.807, 2.05) is 24.3 Å². The van der Waals surface area contributed by atoms with Crippen molar-refractivity contribution in [3.8, 4) is 0 Å². The number of anilines is 1. The molecule has 1 fully saturated rings. The van der Waals surface area contributed by atoms with Gasteiger partial charge in [0, 0.05) is 31.9 Å². The van der Waals surface area contributed by atoms with Crippen molar-refractivity contribution in [2.24, 2.45) is 0 Å². The Labute approximate surface area is 148 Å². The van der Waals surface area contributed by atoms with Crippen molar-refractivity contribution in [2.75, 3.05) is 25.1 Å². The number of carbonyl (C=O) groups excluding carboxylic acids is 1. The second kappa shape index (κ2) is 8.18. The minimum absolute atomic E-state index is 0.0187. The number of nitrogens with zero attached hydrogens (tertiary/aromatic N) is 1. The van der Waals surface area contributed by atoms with Crippen LogP contribution in [0.3, 0.4) is 0 Å².